The number of hydrogen-bond donors (Lipinski definition) is 2. The van der Waals surface area contributed by atoms with Gasteiger partial charge in [0.25, 0.3) is 5.91 Å². The number of aromatic nitrogens is 1. The van der Waals surface area contributed by atoms with E-state index in [9.17, 15) is 9.18 Å². The molecule has 0 saturated heterocycles. The predicted molar refractivity (Wildman–Crippen MR) is 54.5 cm³/mol. The second kappa shape index (κ2) is 3.09. The summed E-state index contributed by atoms with van der Waals surface area (Å²) >= 11 is 3.24. The molecule has 0 aliphatic heterocycles. The number of amides is 1. The van der Waals surface area contributed by atoms with Gasteiger partial charge in [-0.25, -0.2) is 4.39 Å². The van der Waals surface area contributed by atoms with Crippen LogP contribution in [0.4, 0.5) is 4.39 Å². The smallest absolute Gasteiger partial charge is 0.268 e. The van der Waals surface area contributed by atoms with E-state index < -0.39 is 11.7 Å². The number of halogens is 2. The summed E-state index contributed by atoms with van der Waals surface area (Å²) in [5.41, 5.74) is 5.36. The molecule has 0 atom stereocenters. The quantitative estimate of drug-likeness (QED) is 0.808. The summed E-state index contributed by atoms with van der Waals surface area (Å²) in [6.45, 7) is 0. The molecule has 0 unspecified atom stereocenters. The predicted octanol–water partition coefficient (Wildman–Crippen LogP) is 2.17. The van der Waals surface area contributed by atoms with Gasteiger partial charge >= 0.3 is 0 Å². The van der Waals surface area contributed by atoms with Crippen LogP contribution in [0.15, 0.2) is 22.7 Å². The Labute approximate surface area is 87.2 Å². The van der Waals surface area contributed by atoms with Gasteiger partial charge in [0, 0.05) is 9.86 Å². The SMILES string of the molecule is NC(=O)c1[nH]c2cc(Br)ccc2c1F. The van der Waals surface area contributed by atoms with Gasteiger partial charge in [0.1, 0.15) is 5.69 Å². The number of nitrogens with two attached hydrogens (primary N) is 1. The normalized spacial score (nSPS) is 10.7. The first-order valence-corrected chi connectivity index (χ1v) is 4.65. The lowest BCUT2D eigenvalue weighted by Crippen LogP contribution is -2.12. The number of fused-ring (bicyclic) bond motifs is 1. The van der Waals surface area contributed by atoms with Gasteiger partial charge in [0.2, 0.25) is 0 Å². The molecule has 0 fully saturated rings. The molecule has 0 aliphatic carbocycles. The third kappa shape index (κ3) is 1.29. The fourth-order valence-electron chi connectivity index (χ4n) is 1.31. The summed E-state index contributed by atoms with van der Waals surface area (Å²) in [5, 5.41) is 0.363. The molecule has 0 spiro atoms. The number of carbonyl (C=O) groups excluding carboxylic acids is 1. The first kappa shape index (κ1) is 9.21. The molecule has 5 heteroatoms. The Morgan fingerprint density at radius 1 is 1.50 bits per heavy atom. The summed E-state index contributed by atoms with van der Waals surface area (Å²) in [5.74, 6) is -1.39. The Morgan fingerprint density at radius 3 is 2.86 bits per heavy atom. The molecular formula is C9H6BrFN2O. The van der Waals surface area contributed by atoms with Gasteiger partial charge in [0.15, 0.2) is 5.82 Å². The van der Waals surface area contributed by atoms with Crippen molar-refractivity contribution in [3.63, 3.8) is 0 Å². The molecule has 0 aliphatic rings. The first-order valence-electron chi connectivity index (χ1n) is 3.86. The largest absolute Gasteiger partial charge is 0.364 e. The molecule has 2 aromatic rings. The standard InChI is InChI=1S/C9H6BrFN2O/c10-4-1-2-5-6(3-4)13-8(7(5)11)9(12)14/h1-3,13H,(H2,12,14). The van der Waals surface area contributed by atoms with Crippen LogP contribution >= 0.6 is 15.9 Å². The van der Waals surface area contributed by atoms with E-state index in [4.69, 9.17) is 5.73 Å². The lowest BCUT2D eigenvalue weighted by Gasteiger charge is -1.89. The topological polar surface area (TPSA) is 58.9 Å². The second-order valence-electron chi connectivity index (χ2n) is 2.87. The van der Waals surface area contributed by atoms with E-state index in [1.807, 2.05) is 0 Å². The van der Waals surface area contributed by atoms with Crippen molar-refractivity contribution < 1.29 is 9.18 Å². The minimum absolute atomic E-state index is 0.182. The highest BCUT2D eigenvalue weighted by Crippen LogP contribution is 2.23. The third-order valence-electron chi connectivity index (χ3n) is 1.94. The number of aromatic amines is 1. The molecule has 1 heterocycles. The van der Waals surface area contributed by atoms with Crippen molar-refractivity contribution in [3.05, 3.63) is 34.2 Å². The van der Waals surface area contributed by atoms with E-state index in [1.54, 1.807) is 18.2 Å². The molecular weight excluding hydrogens is 251 g/mol. The number of benzene rings is 1. The molecule has 1 aromatic carbocycles. The molecule has 0 bridgehead atoms. The van der Waals surface area contributed by atoms with Crippen molar-refractivity contribution in [2.24, 2.45) is 5.73 Å². The second-order valence-corrected chi connectivity index (χ2v) is 3.78. The van der Waals surface area contributed by atoms with Gasteiger partial charge in [-0.15, -0.1) is 0 Å². The molecule has 2 rings (SSSR count). The van der Waals surface area contributed by atoms with Gasteiger partial charge < -0.3 is 10.7 Å². The van der Waals surface area contributed by atoms with Crippen molar-refractivity contribution in [3.8, 4) is 0 Å². The summed E-state index contributed by atoms with van der Waals surface area (Å²) in [4.78, 5) is 13.4. The molecule has 1 amide bonds. The van der Waals surface area contributed by atoms with Crippen molar-refractivity contribution in [2.45, 2.75) is 0 Å². The zero-order valence-electron chi connectivity index (χ0n) is 6.97. The highest BCUT2D eigenvalue weighted by molar-refractivity contribution is 9.10. The number of primary amides is 1. The van der Waals surface area contributed by atoms with E-state index in [2.05, 4.69) is 20.9 Å². The maximum Gasteiger partial charge on any atom is 0.268 e. The van der Waals surface area contributed by atoms with Crippen molar-refractivity contribution in [1.82, 2.24) is 4.98 Å². The molecule has 1 aromatic heterocycles. The first-order chi connectivity index (χ1) is 6.59. The van der Waals surface area contributed by atoms with Crippen molar-refractivity contribution in [1.29, 1.82) is 0 Å². The van der Waals surface area contributed by atoms with Gasteiger partial charge in [0.05, 0.1) is 5.52 Å². The Balaban J connectivity index is 2.79. The number of carbonyl (C=O) groups is 1. The number of hydrogen-bond acceptors (Lipinski definition) is 1. The fourth-order valence-corrected chi connectivity index (χ4v) is 1.67. The average Bonchev–Trinajstić information content (AvgIpc) is 2.43. The van der Waals surface area contributed by atoms with Crippen LogP contribution in [-0.4, -0.2) is 10.9 Å². The molecule has 72 valence electrons. The van der Waals surface area contributed by atoms with Crippen LogP contribution in [0, 0.1) is 5.82 Å². The van der Waals surface area contributed by atoms with Gasteiger partial charge in [-0.3, -0.25) is 4.79 Å². The lowest BCUT2D eigenvalue weighted by molar-refractivity contribution is 0.0992. The Hall–Kier alpha value is -1.36. The van der Waals surface area contributed by atoms with E-state index in [-0.39, 0.29) is 5.69 Å². The summed E-state index contributed by atoms with van der Waals surface area (Å²) in [6, 6.07) is 4.96. The monoisotopic (exact) mass is 256 g/mol. The highest BCUT2D eigenvalue weighted by atomic mass is 79.9. The minimum Gasteiger partial charge on any atom is -0.364 e. The van der Waals surface area contributed by atoms with E-state index in [0.29, 0.717) is 10.9 Å². The molecule has 0 saturated carbocycles. The van der Waals surface area contributed by atoms with Crippen molar-refractivity contribution in [2.75, 3.05) is 0 Å². The average molecular weight is 257 g/mol. The molecule has 14 heavy (non-hydrogen) atoms. The van der Waals surface area contributed by atoms with E-state index >= 15 is 0 Å². The van der Waals surface area contributed by atoms with Crippen LogP contribution < -0.4 is 5.73 Å². The van der Waals surface area contributed by atoms with Crippen LogP contribution in [0.3, 0.4) is 0 Å². The number of H-pyrrole nitrogens is 1. The Bertz CT molecular complexity index is 521. The fraction of sp³-hybridized carbons (Fsp3) is 0. The zero-order valence-corrected chi connectivity index (χ0v) is 8.56. The summed E-state index contributed by atoms with van der Waals surface area (Å²) in [6.07, 6.45) is 0. The lowest BCUT2D eigenvalue weighted by atomic mass is 10.2. The third-order valence-corrected chi connectivity index (χ3v) is 2.44. The number of rotatable bonds is 1. The molecule has 3 N–H and O–H groups in total. The van der Waals surface area contributed by atoms with Crippen LogP contribution in [0.2, 0.25) is 0 Å². The van der Waals surface area contributed by atoms with Crippen LogP contribution in [0.1, 0.15) is 10.5 Å². The van der Waals surface area contributed by atoms with E-state index in [1.165, 1.54) is 0 Å². The van der Waals surface area contributed by atoms with Gasteiger partial charge in [-0.1, -0.05) is 15.9 Å². The summed E-state index contributed by atoms with van der Waals surface area (Å²) < 4.78 is 14.3. The number of nitrogens with one attached hydrogen (secondary N) is 1. The molecule has 3 nitrogen and oxygen atoms in total. The van der Waals surface area contributed by atoms with Gasteiger partial charge in [-0.05, 0) is 18.2 Å². The van der Waals surface area contributed by atoms with E-state index in [0.717, 1.165) is 4.47 Å². The maximum atomic E-state index is 13.5. The molecule has 0 radical (unpaired) electrons. The van der Waals surface area contributed by atoms with Gasteiger partial charge in [-0.2, -0.15) is 0 Å². The zero-order chi connectivity index (χ0) is 10.3. The Morgan fingerprint density at radius 2 is 2.21 bits per heavy atom. The minimum atomic E-state index is -0.796. The van der Waals surface area contributed by atoms with Crippen LogP contribution in [0.25, 0.3) is 10.9 Å². The van der Waals surface area contributed by atoms with Crippen LogP contribution in [-0.2, 0) is 0 Å². The highest BCUT2D eigenvalue weighted by Gasteiger charge is 2.14. The Kier molecular flexibility index (Phi) is 2.03. The maximum absolute atomic E-state index is 13.5. The van der Waals surface area contributed by atoms with Crippen molar-refractivity contribution >= 4 is 32.7 Å². The van der Waals surface area contributed by atoms with Crippen LogP contribution in [0.5, 0.6) is 0 Å². The summed E-state index contributed by atoms with van der Waals surface area (Å²) in [7, 11) is 0.